The van der Waals surface area contributed by atoms with Gasteiger partial charge in [0.25, 0.3) is 17.7 Å². The van der Waals surface area contributed by atoms with Crippen LogP contribution in [0.5, 0.6) is 0 Å². The third kappa shape index (κ3) is 4.82. The SMILES string of the molecule is CC(OC(=O)[C@@H](Cc1ccccc1)N1C(=O)c2ccccc2C1=O)C(=O)Nc1ccc(Cl)cn1. The third-order valence-corrected chi connectivity index (χ3v) is 5.55. The Balaban J connectivity index is 1.55. The molecule has 1 aromatic heterocycles. The van der Waals surface area contributed by atoms with E-state index in [1.165, 1.54) is 31.3 Å². The maximum atomic E-state index is 13.2. The number of amides is 3. The molecule has 1 N–H and O–H groups in total. The van der Waals surface area contributed by atoms with E-state index in [0.717, 1.165) is 10.5 Å². The number of hydrogen-bond donors (Lipinski definition) is 1. The van der Waals surface area contributed by atoms with Crippen LogP contribution in [0.4, 0.5) is 5.82 Å². The highest BCUT2D eigenvalue weighted by atomic mass is 35.5. The zero-order valence-corrected chi connectivity index (χ0v) is 18.9. The van der Waals surface area contributed by atoms with Crippen LogP contribution in [0.3, 0.4) is 0 Å². The third-order valence-electron chi connectivity index (χ3n) is 5.32. The molecule has 0 saturated carbocycles. The fourth-order valence-corrected chi connectivity index (χ4v) is 3.70. The Hall–Kier alpha value is -4.04. The van der Waals surface area contributed by atoms with Crippen LogP contribution in [-0.2, 0) is 20.7 Å². The van der Waals surface area contributed by atoms with Crippen molar-refractivity contribution in [3.05, 3.63) is 94.6 Å². The molecule has 3 amide bonds. The van der Waals surface area contributed by atoms with Crippen LogP contribution in [0.1, 0.15) is 33.2 Å². The first-order valence-corrected chi connectivity index (χ1v) is 10.9. The summed E-state index contributed by atoms with van der Waals surface area (Å²) in [5, 5.41) is 2.94. The maximum absolute atomic E-state index is 13.2. The molecule has 2 aromatic carbocycles. The summed E-state index contributed by atoms with van der Waals surface area (Å²) in [5.74, 6) is -2.42. The van der Waals surface area contributed by atoms with E-state index in [-0.39, 0.29) is 23.4 Å². The predicted molar refractivity (Wildman–Crippen MR) is 124 cm³/mol. The molecule has 2 heterocycles. The van der Waals surface area contributed by atoms with Crippen LogP contribution in [0, 0.1) is 0 Å². The van der Waals surface area contributed by atoms with Crippen molar-refractivity contribution < 1.29 is 23.9 Å². The van der Waals surface area contributed by atoms with E-state index in [1.807, 2.05) is 6.07 Å². The van der Waals surface area contributed by atoms with E-state index >= 15 is 0 Å². The number of hydrogen-bond acceptors (Lipinski definition) is 6. The molecule has 0 fully saturated rings. The smallest absolute Gasteiger partial charge is 0.330 e. The van der Waals surface area contributed by atoms with E-state index in [1.54, 1.807) is 42.5 Å². The second-order valence-corrected chi connectivity index (χ2v) is 8.10. The molecule has 0 bridgehead atoms. The van der Waals surface area contributed by atoms with Gasteiger partial charge in [-0.2, -0.15) is 0 Å². The largest absolute Gasteiger partial charge is 0.451 e. The van der Waals surface area contributed by atoms with Crippen molar-refractivity contribution in [2.45, 2.75) is 25.5 Å². The van der Waals surface area contributed by atoms with Crippen LogP contribution in [0.2, 0.25) is 5.02 Å². The van der Waals surface area contributed by atoms with E-state index < -0.39 is 35.8 Å². The van der Waals surface area contributed by atoms with Gasteiger partial charge in [0, 0.05) is 12.6 Å². The number of nitrogens with one attached hydrogen (secondary N) is 1. The van der Waals surface area contributed by atoms with Crippen molar-refractivity contribution in [3.63, 3.8) is 0 Å². The van der Waals surface area contributed by atoms with Crippen molar-refractivity contribution in [1.82, 2.24) is 9.88 Å². The molecule has 34 heavy (non-hydrogen) atoms. The van der Waals surface area contributed by atoms with E-state index in [2.05, 4.69) is 10.3 Å². The zero-order valence-electron chi connectivity index (χ0n) is 18.1. The van der Waals surface area contributed by atoms with Crippen molar-refractivity contribution in [2.75, 3.05) is 5.32 Å². The molecule has 0 radical (unpaired) electrons. The lowest BCUT2D eigenvalue weighted by Gasteiger charge is -2.26. The molecule has 8 nitrogen and oxygen atoms in total. The van der Waals surface area contributed by atoms with Crippen molar-refractivity contribution in [2.24, 2.45) is 0 Å². The van der Waals surface area contributed by atoms with Gasteiger partial charge in [0.2, 0.25) is 0 Å². The molecular weight excluding hydrogens is 458 g/mol. The molecule has 0 aliphatic carbocycles. The highest BCUT2D eigenvalue weighted by molar-refractivity contribution is 6.30. The molecule has 9 heteroatoms. The first-order valence-electron chi connectivity index (χ1n) is 10.5. The molecule has 1 aliphatic rings. The molecule has 0 spiro atoms. The van der Waals surface area contributed by atoms with Crippen molar-refractivity contribution in [3.8, 4) is 0 Å². The average molecular weight is 478 g/mol. The van der Waals surface area contributed by atoms with Gasteiger partial charge in [-0.25, -0.2) is 9.78 Å². The van der Waals surface area contributed by atoms with Gasteiger partial charge in [-0.05, 0) is 36.8 Å². The summed E-state index contributed by atoms with van der Waals surface area (Å²) >= 11 is 5.80. The van der Waals surface area contributed by atoms with Gasteiger partial charge in [0.15, 0.2) is 6.10 Å². The average Bonchev–Trinajstić information content (AvgIpc) is 3.09. The molecular formula is C25H20ClN3O5. The number of aromatic nitrogens is 1. The van der Waals surface area contributed by atoms with Gasteiger partial charge in [-0.1, -0.05) is 54.1 Å². The molecule has 1 aliphatic heterocycles. The standard InChI is InChI=1S/C25H20ClN3O5/c1-15(22(30)28-21-12-11-17(26)14-27-21)34-25(33)20(13-16-7-3-2-4-8-16)29-23(31)18-9-5-6-10-19(18)24(29)32/h2-12,14-15,20H,13H2,1H3,(H,27,28,30)/t15?,20-/m1/s1. The number of nitrogens with zero attached hydrogens (tertiary/aromatic N) is 2. The monoisotopic (exact) mass is 477 g/mol. The molecule has 0 saturated heterocycles. The Labute approximate surface area is 200 Å². The van der Waals surface area contributed by atoms with Crippen LogP contribution < -0.4 is 5.32 Å². The number of halogens is 1. The lowest BCUT2D eigenvalue weighted by molar-refractivity contribution is -0.157. The second-order valence-electron chi connectivity index (χ2n) is 7.66. The van der Waals surface area contributed by atoms with Gasteiger partial charge < -0.3 is 10.1 Å². The topological polar surface area (TPSA) is 106 Å². The maximum Gasteiger partial charge on any atom is 0.330 e. The fourth-order valence-electron chi connectivity index (χ4n) is 3.59. The van der Waals surface area contributed by atoms with Crippen LogP contribution >= 0.6 is 11.6 Å². The number of carbonyl (C=O) groups is 4. The minimum Gasteiger partial charge on any atom is -0.451 e. The van der Waals surface area contributed by atoms with Gasteiger partial charge >= 0.3 is 5.97 Å². The van der Waals surface area contributed by atoms with E-state index in [9.17, 15) is 19.2 Å². The lowest BCUT2D eigenvalue weighted by atomic mass is 10.0. The number of carbonyl (C=O) groups excluding carboxylic acids is 4. The van der Waals surface area contributed by atoms with Gasteiger partial charge in [0.1, 0.15) is 11.9 Å². The van der Waals surface area contributed by atoms with E-state index in [4.69, 9.17) is 16.3 Å². The summed E-state index contributed by atoms with van der Waals surface area (Å²) in [5.41, 5.74) is 1.17. The number of imide groups is 1. The second kappa shape index (κ2) is 9.84. The van der Waals surface area contributed by atoms with E-state index in [0.29, 0.717) is 5.02 Å². The summed E-state index contributed by atoms with van der Waals surface area (Å²) in [4.78, 5) is 56.7. The first kappa shape index (κ1) is 23.1. The summed E-state index contributed by atoms with van der Waals surface area (Å²) < 4.78 is 5.40. The number of anilines is 1. The molecule has 172 valence electrons. The Morgan fingerprint density at radius 1 is 0.971 bits per heavy atom. The summed E-state index contributed by atoms with van der Waals surface area (Å²) in [6, 6.07) is 17.1. The number of benzene rings is 2. The first-order chi connectivity index (χ1) is 16.3. The predicted octanol–water partition coefficient (Wildman–Crippen LogP) is 3.51. The summed E-state index contributed by atoms with van der Waals surface area (Å²) in [6.07, 6.45) is 0.197. The Morgan fingerprint density at radius 2 is 1.59 bits per heavy atom. The lowest BCUT2D eigenvalue weighted by Crippen LogP contribution is -2.48. The van der Waals surface area contributed by atoms with Crippen molar-refractivity contribution in [1.29, 1.82) is 0 Å². The summed E-state index contributed by atoms with van der Waals surface area (Å²) in [7, 11) is 0. The van der Waals surface area contributed by atoms with Crippen LogP contribution in [0.25, 0.3) is 0 Å². The zero-order chi connectivity index (χ0) is 24.2. The number of fused-ring (bicyclic) bond motifs is 1. The quantitative estimate of drug-likeness (QED) is 0.412. The highest BCUT2D eigenvalue weighted by Gasteiger charge is 2.44. The molecule has 2 atom stereocenters. The fraction of sp³-hybridized carbons (Fsp3) is 0.160. The van der Waals surface area contributed by atoms with Crippen molar-refractivity contribution >= 4 is 41.1 Å². The highest BCUT2D eigenvalue weighted by Crippen LogP contribution is 2.26. The normalized spacial score (nSPS) is 14.4. The summed E-state index contributed by atoms with van der Waals surface area (Å²) in [6.45, 7) is 1.39. The Morgan fingerprint density at radius 3 is 2.18 bits per heavy atom. The van der Waals surface area contributed by atoms with Gasteiger partial charge in [0.05, 0.1) is 16.1 Å². The minimum absolute atomic E-state index is 0.0399. The molecule has 1 unspecified atom stereocenters. The Bertz CT molecular complexity index is 1210. The minimum atomic E-state index is -1.25. The Kier molecular flexibility index (Phi) is 6.70. The van der Waals surface area contributed by atoms with Gasteiger partial charge in [-0.3, -0.25) is 19.3 Å². The molecule has 4 rings (SSSR count). The number of ether oxygens (including phenoxy) is 1. The van der Waals surface area contributed by atoms with Gasteiger partial charge in [-0.15, -0.1) is 0 Å². The molecule has 3 aromatic rings. The number of pyridine rings is 1. The number of rotatable bonds is 7. The number of esters is 1. The van der Waals surface area contributed by atoms with Crippen LogP contribution in [0.15, 0.2) is 72.9 Å². The van der Waals surface area contributed by atoms with Crippen LogP contribution in [-0.4, -0.2) is 45.7 Å².